The second kappa shape index (κ2) is 6.12. The van der Waals surface area contributed by atoms with Gasteiger partial charge in [0.1, 0.15) is 6.10 Å². The molecule has 0 aliphatic carbocycles. The number of methoxy groups -OCH3 is 1. The molecule has 5 heteroatoms. The van der Waals surface area contributed by atoms with E-state index >= 15 is 0 Å². The van der Waals surface area contributed by atoms with E-state index in [1.807, 2.05) is 32.0 Å². The third-order valence-electron chi connectivity index (χ3n) is 3.68. The quantitative estimate of drug-likeness (QED) is 0.798. The van der Waals surface area contributed by atoms with Gasteiger partial charge in [-0.15, -0.1) is 0 Å². The van der Waals surface area contributed by atoms with Gasteiger partial charge < -0.3 is 14.2 Å². The summed E-state index contributed by atoms with van der Waals surface area (Å²) in [5, 5.41) is 0.554. The van der Waals surface area contributed by atoms with Crippen molar-refractivity contribution >= 4 is 17.6 Å². The molecular formula is C15H19ClO4. The number of hydrogen-bond acceptors (Lipinski definition) is 4. The summed E-state index contributed by atoms with van der Waals surface area (Å²) in [7, 11) is 1.34. The van der Waals surface area contributed by atoms with Crippen LogP contribution in [0.2, 0.25) is 5.02 Å². The van der Waals surface area contributed by atoms with E-state index in [0.717, 1.165) is 5.56 Å². The first-order valence-electron chi connectivity index (χ1n) is 6.74. The molecule has 1 fully saturated rings. The standard InChI is InChI=1S/C15H19ClO4/c1-4-15(5-2)19-12(13(20-15)14(17)18-3)10-8-6-7-9-11(10)16/h6-9,12-13H,4-5H2,1-3H3. The fourth-order valence-electron chi connectivity index (χ4n) is 2.42. The maximum absolute atomic E-state index is 12.0. The van der Waals surface area contributed by atoms with Crippen molar-refractivity contribution in [2.45, 2.75) is 44.7 Å². The van der Waals surface area contributed by atoms with Gasteiger partial charge in [-0.3, -0.25) is 0 Å². The molecule has 1 heterocycles. The zero-order chi connectivity index (χ0) is 14.8. The molecule has 0 radical (unpaired) electrons. The molecule has 110 valence electrons. The lowest BCUT2D eigenvalue weighted by Gasteiger charge is -2.25. The van der Waals surface area contributed by atoms with E-state index in [-0.39, 0.29) is 0 Å². The molecule has 1 aromatic rings. The molecule has 20 heavy (non-hydrogen) atoms. The van der Waals surface area contributed by atoms with Crippen LogP contribution in [-0.4, -0.2) is 25.0 Å². The largest absolute Gasteiger partial charge is 0.467 e. The van der Waals surface area contributed by atoms with E-state index in [1.165, 1.54) is 7.11 Å². The molecule has 4 nitrogen and oxygen atoms in total. The Bertz CT molecular complexity index is 485. The number of ether oxygens (including phenoxy) is 3. The van der Waals surface area contributed by atoms with E-state index in [2.05, 4.69) is 0 Å². The summed E-state index contributed by atoms with van der Waals surface area (Å²) < 4.78 is 16.7. The molecule has 0 saturated carbocycles. The van der Waals surface area contributed by atoms with E-state index in [0.29, 0.717) is 17.9 Å². The van der Waals surface area contributed by atoms with Crippen LogP contribution >= 0.6 is 11.6 Å². The van der Waals surface area contributed by atoms with Gasteiger partial charge in [0.05, 0.1) is 7.11 Å². The summed E-state index contributed by atoms with van der Waals surface area (Å²) in [6, 6.07) is 7.30. The number of carbonyl (C=O) groups excluding carboxylic acids is 1. The molecule has 1 aliphatic heterocycles. The van der Waals surface area contributed by atoms with Crippen LogP contribution < -0.4 is 0 Å². The first-order valence-corrected chi connectivity index (χ1v) is 7.12. The second-order valence-corrected chi connectivity index (χ2v) is 5.15. The zero-order valence-electron chi connectivity index (χ0n) is 11.9. The van der Waals surface area contributed by atoms with Gasteiger partial charge in [0.25, 0.3) is 0 Å². The van der Waals surface area contributed by atoms with E-state index in [1.54, 1.807) is 6.07 Å². The summed E-state index contributed by atoms with van der Waals surface area (Å²) in [6.07, 6.45) is -0.0357. The van der Waals surface area contributed by atoms with E-state index < -0.39 is 24.0 Å². The molecule has 1 saturated heterocycles. The highest BCUT2D eigenvalue weighted by molar-refractivity contribution is 6.31. The predicted molar refractivity (Wildman–Crippen MR) is 75.5 cm³/mol. The Morgan fingerprint density at radius 2 is 1.95 bits per heavy atom. The number of rotatable bonds is 4. The van der Waals surface area contributed by atoms with Crippen LogP contribution in [0.4, 0.5) is 0 Å². The highest BCUT2D eigenvalue weighted by Gasteiger charge is 2.50. The third-order valence-corrected chi connectivity index (χ3v) is 4.03. The van der Waals surface area contributed by atoms with Gasteiger partial charge in [0.2, 0.25) is 0 Å². The molecular weight excluding hydrogens is 280 g/mol. The van der Waals surface area contributed by atoms with Crippen molar-refractivity contribution in [3.8, 4) is 0 Å². The minimum absolute atomic E-state index is 0.446. The van der Waals surface area contributed by atoms with E-state index in [4.69, 9.17) is 25.8 Å². The van der Waals surface area contributed by atoms with Gasteiger partial charge in [0, 0.05) is 10.6 Å². The van der Waals surface area contributed by atoms with Crippen LogP contribution in [-0.2, 0) is 19.0 Å². The topological polar surface area (TPSA) is 44.8 Å². The Balaban J connectivity index is 2.38. The molecule has 0 N–H and O–H groups in total. The van der Waals surface area contributed by atoms with Crippen LogP contribution in [0.3, 0.4) is 0 Å². The number of carbonyl (C=O) groups is 1. The first kappa shape index (κ1) is 15.3. The van der Waals surface area contributed by atoms with Gasteiger partial charge in [0.15, 0.2) is 11.9 Å². The molecule has 0 bridgehead atoms. The lowest BCUT2D eigenvalue weighted by atomic mass is 10.0. The van der Waals surface area contributed by atoms with Gasteiger partial charge in [-0.2, -0.15) is 0 Å². The molecule has 2 rings (SSSR count). The number of esters is 1. The minimum Gasteiger partial charge on any atom is -0.467 e. The molecule has 1 aliphatic rings. The van der Waals surface area contributed by atoms with Crippen molar-refractivity contribution in [2.24, 2.45) is 0 Å². The van der Waals surface area contributed by atoms with Crippen LogP contribution in [0.25, 0.3) is 0 Å². The molecule has 0 amide bonds. The SMILES string of the molecule is CCC1(CC)OC(C(=O)OC)C(c2ccccc2Cl)O1. The number of benzene rings is 1. The lowest BCUT2D eigenvalue weighted by molar-refractivity contribution is -0.187. The monoisotopic (exact) mass is 298 g/mol. The summed E-state index contributed by atoms with van der Waals surface area (Å²) in [4.78, 5) is 12.0. The fraction of sp³-hybridized carbons (Fsp3) is 0.533. The smallest absolute Gasteiger partial charge is 0.338 e. The second-order valence-electron chi connectivity index (χ2n) is 4.74. The number of halogens is 1. The summed E-state index contributed by atoms with van der Waals surface area (Å²) in [6.45, 7) is 3.93. The summed E-state index contributed by atoms with van der Waals surface area (Å²) in [5.74, 6) is -1.21. The molecule has 0 aromatic heterocycles. The van der Waals surface area contributed by atoms with Crippen molar-refractivity contribution < 1.29 is 19.0 Å². The third kappa shape index (κ3) is 2.68. The van der Waals surface area contributed by atoms with Crippen molar-refractivity contribution in [3.05, 3.63) is 34.9 Å². The van der Waals surface area contributed by atoms with Crippen LogP contribution in [0, 0.1) is 0 Å². The van der Waals surface area contributed by atoms with Gasteiger partial charge >= 0.3 is 5.97 Å². The minimum atomic E-state index is -0.792. The molecule has 2 unspecified atom stereocenters. The lowest BCUT2D eigenvalue weighted by Crippen LogP contribution is -2.32. The van der Waals surface area contributed by atoms with Crippen LogP contribution in [0.1, 0.15) is 38.4 Å². The van der Waals surface area contributed by atoms with Crippen molar-refractivity contribution in [1.82, 2.24) is 0 Å². The average Bonchev–Trinajstić information content (AvgIpc) is 2.87. The van der Waals surface area contributed by atoms with Gasteiger partial charge in [-0.1, -0.05) is 43.6 Å². The average molecular weight is 299 g/mol. The normalized spacial score (nSPS) is 24.6. The summed E-state index contributed by atoms with van der Waals surface area (Å²) >= 11 is 6.21. The highest BCUT2D eigenvalue weighted by atomic mass is 35.5. The molecule has 1 aromatic carbocycles. The van der Waals surface area contributed by atoms with Gasteiger partial charge in [-0.25, -0.2) is 4.79 Å². The van der Waals surface area contributed by atoms with Crippen molar-refractivity contribution in [3.63, 3.8) is 0 Å². The van der Waals surface area contributed by atoms with Crippen LogP contribution in [0.5, 0.6) is 0 Å². The Morgan fingerprint density at radius 3 is 2.50 bits per heavy atom. The number of hydrogen-bond donors (Lipinski definition) is 0. The van der Waals surface area contributed by atoms with Crippen LogP contribution in [0.15, 0.2) is 24.3 Å². The van der Waals surface area contributed by atoms with Crippen molar-refractivity contribution in [2.75, 3.05) is 7.11 Å². The Hall–Kier alpha value is -1.10. The Labute approximate surface area is 124 Å². The Kier molecular flexibility index (Phi) is 4.68. The molecule has 2 atom stereocenters. The Morgan fingerprint density at radius 1 is 1.30 bits per heavy atom. The maximum Gasteiger partial charge on any atom is 0.338 e. The van der Waals surface area contributed by atoms with Gasteiger partial charge in [-0.05, 0) is 18.9 Å². The summed E-state index contributed by atoms with van der Waals surface area (Å²) in [5.41, 5.74) is 0.744. The van der Waals surface area contributed by atoms with E-state index in [9.17, 15) is 4.79 Å². The highest BCUT2D eigenvalue weighted by Crippen LogP contribution is 2.44. The molecule has 0 spiro atoms. The predicted octanol–water partition coefficient (Wildman–Crippen LogP) is 3.49. The first-order chi connectivity index (χ1) is 9.56. The van der Waals surface area contributed by atoms with Crippen molar-refractivity contribution in [1.29, 1.82) is 0 Å². The maximum atomic E-state index is 12.0. The zero-order valence-corrected chi connectivity index (χ0v) is 12.6. The fourth-order valence-corrected chi connectivity index (χ4v) is 2.66.